The lowest BCUT2D eigenvalue weighted by atomic mass is 10.1. The number of esters is 1. The minimum absolute atomic E-state index is 0.00629. The third kappa shape index (κ3) is 6.06. The highest BCUT2D eigenvalue weighted by molar-refractivity contribution is 9.10. The molecule has 0 saturated carbocycles. The van der Waals surface area contributed by atoms with Crippen molar-refractivity contribution < 1.29 is 14.3 Å². The van der Waals surface area contributed by atoms with E-state index in [0.717, 1.165) is 10.0 Å². The largest absolute Gasteiger partial charge is 0.478 e. The first kappa shape index (κ1) is 18.0. The van der Waals surface area contributed by atoms with Gasteiger partial charge < -0.3 is 14.8 Å². The highest BCUT2D eigenvalue weighted by atomic mass is 79.9. The van der Waals surface area contributed by atoms with Crippen molar-refractivity contribution in [1.29, 1.82) is 0 Å². The van der Waals surface area contributed by atoms with Crippen molar-refractivity contribution in [1.82, 2.24) is 5.32 Å². The minimum atomic E-state index is -0.642. The van der Waals surface area contributed by atoms with E-state index in [9.17, 15) is 4.79 Å². The predicted molar refractivity (Wildman–Crippen MR) is 87.5 cm³/mol. The van der Waals surface area contributed by atoms with Crippen molar-refractivity contribution in [2.45, 2.75) is 52.8 Å². The van der Waals surface area contributed by atoms with E-state index in [2.05, 4.69) is 42.0 Å². The van der Waals surface area contributed by atoms with Gasteiger partial charge in [-0.2, -0.15) is 0 Å². The molecule has 5 heteroatoms. The lowest BCUT2D eigenvalue weighted by Crippen LogP contribution is -2.35. The molecule has 1 unspecified atom stereocenters. The van der Waals surface area contributed by atoms with Gasteiger partial charge in [0.25, 0.3) is 0 Å². The van der Waals surface area contributed by atoms with Crippen LogP contribution < -0.4 is 10.1 Å². The summed E-state index contributed by atoms with van der Waals surface area (Å²) in [6.07, 6.45) is -0.642. The van der Waals surface area contributed by atoms with Crippen molar-refractivity contribution >= 4 is 21.9 Å². The van der Waals surface area contributed by atoms with Crippen LogP contribution in [0.4, 0.5) is 0 Å². The van der Waals surface area contributed by atoms with Crippen molar-refractivity contribution in [2.75, 3.05) is 6.61 Å². The molecule has 1 aromatic carbocycles. The third-order valence-corrected chi connectivity index (χ3v) is 3.40. The molecule has 0 aliphatic carbocycles. The quantitative estimate of drug-likeness (QED) is 0.789. The zero-order chi connectivity index (χ0) is 16.0. The number of rotatable bonds is 6. The Morgan fingerprint density at radius 1 is 1.38 bits per heavy atom. The second-order valence-electron chi connectivity index (χ2n) is 5.84. The average molecular weight is 358 g/mol. The highest BCUT2D eigenvalue weighted by Gasteiger charge is 2.20. The fourth-order valence-electron chi connectivity index (χ4n) is 1.67. The van der Waals surface area contributed by atoms with E-state index in [0.29, 0.717) is 18.9 Å². The number of hydrogen-bond acceptors (Lipinski definition) is 4. The monoisotopic (exact) mass is 357 g/mol. The molecule has 4 nitrogen and oxygen atoms in total. The van der Waals surface area contributed by atoms with Crippen LogP contribution in [0.15, 0.2) is 22.7 Å². The van der Waals surface area contributed by atoms with Gasteiger partial charge in [-0.3, -0.25) is 0 Å². The van der Waals surface area contributed by atoms with Crippen molar-refractivity contribution in [3.05, 3.63) is 28.2 Å². The van der Waals surface area contributed by atoms with E-state index in [1.165, 1.54) is 0 Å². The molecule has 118 valence electrons. The maximum Gasteiger partial charge on any atom is 0.347 e. The fourth-order valence-corrected chi connectivity index (χ4v) is 2.17. The van der Waals surface area contributed by atoms with Gasteiger partial charge in [0.1, 0.15) is 5.75 Å². The lowest BCUT2D eigenvalue weighted by molar-refractivity contribution is -0.150. The summed E-state index contributed by atoms with van der Waals surface area (Å²) in [5.41, 5.74) is 1.00. The average Bonchev–Trinajstić information content (AvgIpc) is 2.38. The molecular weight excluding hydrogens is 334 g/mol. The molecule has 0 heterocycles. The minimum Gasteiger partial charge on any atom is -0.478 e. The van der Waals surface area contributed by atoms with Gasteiger partial charge in [-0.1, -0.05) is 12.1 Å². The van der Waals surface area contributed by atoms with Crippen molar-refractivity contribution in [2.24, 2.45) is 0 Å². The number of nitrogens with one attached hydrogen (secondary N) is 1. The molecule has 0 aliphatic rings. The van der Waals surface area contributed by atoms with Gasteiger partial charge in [-0.25, -0.2) is 4.79 Å². The molecule has 1 atom stereocenters. The summed E-state index contributed by atoms with van der Waals surface area (Å²) in [6, 6.07) is 5.83. The van der Waals surface area contributed by atoms with Crippen LogP contribution in [0, 0.1) is 0 Å². The Morgan fingerprint density at radius 3 is 2.62 bits per heavy atom. The predicted octanol–water partition coefficient (Wildman–Crippen LogP) is 3.67. The molecule has 0 aromatic heterocycles. The topological polar surface area (TPSA) is 47.6 Å². The zero-order valence-corrected chi connectivity index (χ0v) is 14.9. The number of carbonyl (C=O) groups is 1. The van der Waals surface area contributed by atoms with Crippen molar-refractivity contribution in [3.8, 4) is 5.75 Å². The Bertz CT molecular complexity index is 483. The molecule has 0 spiro atoms. The van der Waals surface area contributed by atoms with E-state index in [1.807, 2.05) is 18.2 Å². The van der Waals surface area contributed by atoms with Crippen LogP contribution in [0.3, 0.4) is 0 Å². The maximum absolute atomic E-state index is 11.7. The maximum atomic E-state index is 11.7. The molecule has 0 aliphatic heterocycles. The molecule has 1 aromatic rings. The smallest absolute Gasteiger partial charge is 0.347 e. The summed E-state index contributed by atoms with van der Waals surface area (Å²) >= 11 is 3.48. The standard InChI is InChI=1S/C16H24BrNO3/c1-6-20-15(19)11(2)21-14-12(8-7-9-13(14)17)10-18-16(3,4)5/h7-9,11,18H,6,10H2,1-5H3. The van der Waals surface area contributed by atoms with Crippen LogP contribution in [0.25, 0.3) is 0 Å². The third-order valence-electron chi connectivity index (χ3n) is 2.77. The van der Waals surface area contributed by atoms with Gasteiger partial charge in [-0.05, 0) is 56.6 Å². The number of halogens is 1. The summed E-state index contributed by atoms with van der Waals surface area (Å²) in [4.78, 5) is 11.7. The molecule has 1 N–H and O–H groups in total. The summed E-state index contributed by atoms with van der Waals surface area (Å²) in [6.45, 7) is 10.8. The van der Waals surface area contributed by atoms with E-state index in [4.69, 9.17) is 9.47 Å². The lowest BCUT2D eigenvalue weighted by Gasteiger charge is -2.23. The fraction of sp³-hybridized carbons (Fsp3) is 0.562. The van der Waals surface area contributed by atoms with Crippen LogP contribution in [0.2, 0.25) is 0 Å². The van der Waals surface area contributed by atoms with Crippen molar-refractivity contribution in [3.63, 3.8) is 0 Å². The van der Waals surface area contributed by atoms with Crippen LogP contribution in [-0.2, 0) is 16.1 Å². The molecule has 0 bridgehead atoms. The summed E-state index contributed by atoms with van der Waals surface area (Å²) < 4.78 is 11.6. The molecule has 0 amide bonds. The Balaban J connectivity index is 2.87. The number of benzene rings is 1. The second-order valence-corrected chi connectivity index (χ2v) is 6.70. The molecule has 21 heavy (non-hydrogen) atoms. The zero-order valence-electron chi connectivity index (χ0n) is 13.3. The number of para-hydroxylation sites is 1. The van der Waals surface area contributed by atoms with E-state index in [-0.39, 0.29) is 11.5 Å². The Labute approximate surface area is 135 Å². The first-order valence-electron chi connectivity index (χ1n) is 7.10. The van der Waals surface area contributed by atoms with Crippen LogP contribution >= 0.6 is 15.9 Å². The van der Waals surface area contributed by atoms with Crippen LogP contribution in [0.5, 0.6) is 5.75 Å². The summed E-state index contributed by atoms with van der Waals surface area (Å²) in [5, 5.41) is 3.42. The molecule has 0 radical (unpaired) electrons. The van der Waals surface area contributed by atoms with Crippen LogP contribution in [-0.4, -0.2) is 24.2 Å². The van der Waals surface area contributed by atoms with Gasteiger partial charge in [0.15, 0.2) is 6.10 Å². The summed E-state index contributed by atoms with van der Waals surface area (Å²) in [5.74, 6) is 0.317. The van der Waals surface area contributed by atoms with E-state index >= 15 is 0 Å². The number of ether oxygens (including phenoxy) is 2. The van der Waals surface area contributed by atoms with Gasteiger partial charge in [-0.15, -0.1) is 0 Å². The van der Waals surface area contributed by atoms with Gasteiger partial charge in [0.2, 0.25) is 0 Å². The normalized spacial score (nSPS) is 12.9. The van der Waals surface area contributed by atoms with Gasteiger partial charge >= 0.3 is 5.97 Å². The van der Waals surface area contributed by atoms with Crippen LogP contribution in [0.1, 0.15) is 40.2 Å². The SMILES string of the molecule is CCOC(=O)C(C)Oc1c(Br)cccc1CNC(C)(C)C. The van der Waals surface area contributed by atoms with Gasteiger partial charge in [0.05, 0.1) is 11.1 Å². The molecule has 0 fully saturated rings. The first-order chi connectivity index (χ1) is 9.74. The highest BCUT2D eigenvalue weighted by Crippen LogP contribution is 2.30. The Hall–Kier alpha value is -1.07. The van der Waals surface area contributed by atoms with E-state index in [1.54, 1.807) is 13.8 Å². The van der Waals surface area contributed by atoms with E-state index < -0.39 is 6.10 Å². The first-order valence-corrected chi connectivity index (χ1v) is 7.89. The molecule has 1 rings (SSSR count). The molecular formula is C16H24BrNO3. The molecule has 0 saturated heterocycles. The Kier molecular flexibility index (Phi) is 6.68. The number of carbonyl (C=O) groups excluding carboxylic acids is 1. The number of hydrogen-bond donors (Lipinski definition) is 1. The second kappa shape index (κ2) is 7.80. The summed E-state index contributed by atoms with van der Waals surface area (Å²) in [7, 11) is 0. The Morgan fingerprint density at radius 2 is 2.05 bits per heavy atom. The van der Waals surface area contributed by atoms with Gasteiger partial charge in [0, 0.05) is 17.6 Å².